The Morgan fingerprint density at radius 1 is 1.31 bits per heavy atom. The molecule has 1 rings (SSSR count). The third kappa shape index (κ3) is 2.72. The number of hydrogen-bond acceptors (Lipinski definition) is 3. The van der Waals surface area contributed by atoms with Gasteiger partial charge < -0.3 is 4.74 Å². The first kappa shape index (κ1) is 13.0. The zero-order valence-electron chi connectivity index (χ0n) is 8.77. The molecule has 0 radical (unpaired) electrons. The lowest BCUT2D eigenvalue weighted by Crippen LogP contribution is -2.30. The van der Waals surface area contributed by atoms with Crippen LogP contribution in [0.2, 0.25) is 0 Å². The minimum Gasteiger partial charge on any atom is -0.385 e. The fourth-order valence-corrected chi connectivity index (χ4v) is 1.37. The Kier molecular flexibility index (Phi) is 4.72. The molecule has 16 heavy (non-hydrogen) atoms. The average molecular weight is 234 g/mol. The normalized spacial score (nSPS) is 12.8. The lowest BCUT2D eigenvalue weighted by atomic mass is 10.0. The van der Waals surface area contributed by atoms with Crippen LogP contribution in [0.15, 0.2) is 12.1 Å². The summed E-state index contributed by atoms with van der Waals surface area (Å²) >= 11 is 0. The van der Waals surface area contributed by atoms with Crippen LogP contribution < -0.4 is 11.3 Å². The van der Waals surface area contributed by atoms with Crippen molar-refractivity contribution in [3.63, 3.8) is 0 Å². The minimum atomic E-state index is -1.49. The fourth-order valence-electron chi connectivity index (χ4n) is 1.37. The Morgan fingerprint density at radius 2 is 2.00 bits per heavy atom. The topological polar surface area (TPSA) is 47.3 Å². The van der Waals surface area contributed by atoms with E-state index in [1.54, 1.807) is 0 Å². The molecule has 0 saturated carbocycles. The summed E-state index contributed by atoms with van der Waals surface area (Å²) in [4.78, 5) is 0. The number of nitrogens with two attached hydrogens (primary N) is 1. The van der Waals surface area contributed by atoms with Crippen LogP contribution >= 0.6 is 0 Å². The van der Waals surface area contributed by atoms with Crippen molar-refractivity contribution >= 4 is 0 Å². The van der Waals surface area contributed by atoms with Gasteiger partial charge in [-0.2, -0.15) is 0 Å². The quantitative estimate of drug-likeness (QED) is 0.462. The Balaban J connectivity index is 2.96. The van der Waals surface area contributed by atoms with Crippen LogP contribution in [0.1, 0.15) is 18.0 Å². The summed E-state index contributed by atoms with van der Waals surface area (Å²) in [6.07, 6.45) is 0.356. The molecule has 0 fully saturated rings. The molecule has 0 aliphatic heterocycles. The molecule has 1 unspecified atom stereocenters. The third-order valence-electron chi connectivity index (χ3n) is 2.25. The number of methoxy groups -OCH3 is 1. The van der Waals surface area contributed by atoms with Gasteiger partial charge in [0, 0.05) is 19.3 Å². The van der Waals surface area contributed by atoms with Gasteiger partial charge in [-0.1, -0.05) is 6.07 Å². The molecule has 0 aliphatic rings. The van der Waals surface area contributed by atoms with E-state index in [1.807, 2.05) is 0 Å². The molecular formula is C10H13F3N2O. The molecule has 1 aromatic rings. The van der Waals surface area contributed by atoms with Gasteiger partial charge in [0.25, 0.3) is 0 Å². The van der Waals surface area contributed by atoms with Gasteiger partial charge in [-0.3, -0.25) is 11.3 Å². The first-order valence-corrected chi connectivity index (χ1v) is 4.70. The molecule has 0 amide bonds. The Labute approximate surface area is 91.4 Å². The van der Waals surface area contributed by atoms with Crippen LogP contribution in [0.5, 0.6) is 0 Å². The van der Waals surface area contributed by atoms with Gasteiger partial charge in [0.15, 0.2) is 17.5 Å². The number of nitrogens with one attached hydrogen (secondary N) is 1. The number of halogens is 3. The summed E-state index contributed by atoms with van der Waals surface area (Å²) < 4.78 is 43.8. The molecule has 0 heterocycles. The monoisotopic (exact) mass is 234 g/mol. The predicted octanol–water partition coefficient (Wildman–Crippen LogP) is 1.64. The fraction of sp³-hybridized carbons (Fsp3) is 0.400. The molecule has 90 valence electrons. The highest BCUT2D eigenvalue weighted by Crippen LogP contribution is 2.23. The first-order valence-electron chi connectivity index (χ1n) is 4.70. The number of hydrazine groups is 1. The van der Waals surface area contributed by atoms with Crippen molar-refractivity contribution in [1.29, 1.82) is 0 Å². The summed E-state index contributed by atoms with van der Waals surface area (Å²) in [7, 11) is 1.48. The van der Waals surface area contributed by atoms with Gasteiger partial charge in [0.05, 0.1) is 6.04 Å². The average Bonchev–Trinajstić information content (AvgIpc) is 2.29. The Morgan fingerprint density at radius 3 is 2.56 bits per heavy atom. The van der Waals surface area contributed by atoms with Crippen molar-refractivity contribution in [2.45, 2.75) is 12.5 Å². The standard InChI is InChI=1S/C10H13F3N2O/c1-16-5-4-8(15-14)6-2-3-7(11)10(13)9(6)12/h2-3,8,15H,4-5,14H2,1H3. The smallest absolute Gasteiger partial charge is 0.194 e. The van der Waals surface area contributed by atoms with Crippen LogP contribution in [0.3, 0.4) is 0 Å². The third-order valence-corrected chi connectivity index (χ3v) is 2.25. The predicted molar refractivity (Wildman–Crippen MR) is 52.9 cm³/mol. The van der Waals surface area contributed by atoms with E-state index in [4.69, 9.17) is 10.6 Å². The van der Waals surface area contributed by atoms with E-state index in [-0.39, 0.29) is 5.56 Å². The minimum absolute atomic E-state index is 0.0153. The van der Waals surface area contributed by atoms with E-state index in [1.165, 1.54) is 7.11 Å². The number of ether oxygens (including phenoxy) is 1. The molecular weight excluding hydrogens is 221 g/mol. The molecule has 0 aromatic heterocycles. The van der Waals surface area contributed by atoms with Crippen molar-refractivity contribution in [2.24, 2.45) is 5.84 Å². The Hall–Kier alpha value is -1.11. The molecule has 0 aliphatic carbocycles. The van der Waals surface area contributed by atoms with Gasteiger partial charge in [-0.25, -0.2) is 13.2 Å². The van der Waals surface area contributed by atoms with E-state index in [9.17, 15) is 13.2 Å². The number of hydrogen-bond donors (Lipinski definition) is 2. The maximum atomic E-state index is 13.4. The summed E-state index contributed by atoms with van der Waals surface area (Å²) in [5.41, 5.74) is 2.32. The highest BCUT2D eigenvalue weighted by molar-refractivity contribution is 5.23. The molecule has 1 atom stereocenters. The zero-order valence-corrected chi connectivity index (χ0v) is 8.77. The number of rotatable bonds is 5. The first-order chi connectivity index (χ1) is 7.61. The molecule has 0 spiro atoms. The van der Waals surface area contributed by atoms with Gasteiger partial charge in [0.1, 0.15) is 0 Å². The van der Waals surface area contributed by atoms with E-state index >= 15 is 0 Å². The van der Waals surface area contributed by atoms with Gasteiger partial charge in [-0.15, -0.1) is 0 Å². The van der Waals surface area contributed by atoms with Crippen LogP contribution in [-0.2, 0) is 4.74 Å². The summed E-state index contributed by atoms with van der Waals surface area (Å²) in [6.45, 7) is 0.327. The lowest BCUT2D eigenvalue weighted by Gasteiger charge is -2.16. The zero-order chi connectivity index (χ0) is 12.1. The highest BCUT2D eigenvalue weighted by Gasteiger charge is 2.19. The molecule has 0 bridgehead atoms. The molecule has 6 heteroatoms. The second-order valence-corrected chi connectivity index (χ2v) is 3.27. The summed E-state index contributed by atoms with van der Waals surface area (Å²) in [6, 6.07) is 1.41. The maximum Gasteiger partial charge on any atom is 0.194 e. The number of benzene rings is 1. The van der Waals surface area contributed by atoms with Crippen LogP contribution in [0.25, 0.3) is 0 Å². The van der Waals surface area contributed by atoms with E-state index in [2.05, 4.69) is 5.43 Å². The largest absolute Gasteiger partial charge is 0.385 e. The second-order valence-electron chi connectivity index (χ2n) is 3.27. The molecule has 3 N–H and O–H groups in total. The molecule has 0 saturated heterocycles. The van der Waals surface area contributed by atoms with Crippen LogP contribution in [0.4, 0.5) is 13.2 Å². The van der Waals surface area contributed by atoms with Crippen molar-refractivity contribution in [1.82, 2.24) is 5.43 Å². The van der Waals surface area contributed by atoms with Crippen molar-refractivity contribution in [3.05, 3.63) is 35.1 Å². The van der Waals surface area contributed by atoms with Crippen molar-refractivity contribution in [3.8, 4) is 0 Å². The van der Waals surface area contributed by atoms with E-state index in [0.29, 0.717) is 13.0 Å². The van der Waals surface area contributed by atoms with Gasteiger partial charge in [-0.05, 0) is 12.5 Å². The maximum absolute atomic E-state index is 13.4. The molecule has 1 aromatic carbocycles. The second kappa shape index (κ2) is 5.83. The summed E-state index contributed by atoms with van der Waals surface area (Å²) in [5, 5.41) is 0. The summed E-state index contributed by atoms with van der Waals surface area (Å²) in [5.74, 6) is 1.28. The lowest BCUT2D eigenvalue weighted by molar-refractivity contribution is 0.182. The van der Waals surface area contributed by atoms with Gasteiger partial charge >= 0.3 is 0 Å². The van der Waals surface area contributed by atoms with Crippen molar-refractivity contribution in [2.75, 3.05) is 13.7 Å². The van der Waals surface area contributed by atoms with Crippen LogP contribution in [-0.4, -0.2) is 13.7 Å². The Bertz CT molecular complexity index is 360. The van der Waals surface area contributed by atoms with Crippen LogP contribution in [0, 0.1) is 17.5 Å². The van der Waals surface area contributed by atoms with E-state index < -0.39 is 23.5 Å². The highest BCUT2D eigenvalue weighted by atomic mass is 19.2. The molecule has 3 nitrogen and oxygen atoms in total. The van der Waals surface area contributed by atoms with Gasteiger partial charge in [0.2, 0.25) is 0 Å². The van der Waals surface area contributed by atoms with Crippen molar-refractivity contribution < 1.29 is 17.9 Å². The van der Waals surface area contributed by atoms with E-state index in [0.717, 1.165) is 12.1 Å². The SMILES string of the molecule is COCCC(NN)c1ccc(F)c(F)c1F.